The third-order valence-corrected chi connectivity index (χ3v) is 6.58. The van der Waals surface area contributed by atoms with Crippen molar-refractivity contribution in [2.24, 2.45) is 0 Å². The Morgan fingerprint density at radius 2 is 2.00 bits per heavy atom. The van der Waals surface area contributed by atoms with Gasteiger partial charge < -0.3 is 23.9 Å². The first-order valence-corrected chi connectivity index (χ1v) is 11.5. The van der Waals surface area contributed by atoms with E-state index < -0.39 is 5.54 Å². The number of nitrogens with zero attached hydrogens (tertiary/aromatic N) is 2. The highest BCUT2D eigenvalue weighted by Crippen LogP contribution is 2.33. The van der Waals surface area contributed by atoms with Crippen LogP contribution in [-0.4, -0.2) is 52.6 Å². The third-order valence-electron chi connectivity index (χ3n) is 6.58. The zero-order valence-corrected chi connectivity index (χ0v) is 18.6. The van der Waals surface area contributed by atoms with Crippen LogP contribution >= 0.6 is 0 Å². The van der Waals surface area contributed by atoms with Crippen LogP contribution in [0.2, 0.25) is 0 Å². The lowest BCUT2D eigenvalue weighted by Gasteiger charge is -2.45. The normalized spacial score (nSPS) is 21.9. The molecule has 0 bridgehead atoms. The Hall–Kier alpha value is -2.54. The largest absolute Gasteiger partial charge is 0.463 e. The maximum Gasteiger partial charge on any atom is 0.271 e. The molecule has 4 rings (SSSR count). The Morgan fingerprint density at radius 1 is 1.23 bits per heavy atom. The van der Waals surface area contributed by atoms with E-state index in [9.17, 15) is 9.59 Å². The lowest BCUT2D eigenvalue weighted by atomic mass is 9.91. The number of nitrogens with one attached hydrogen (secondary N) is 1. The Balaban J connectivity index is 1.63. The molecule has 0 saturated heterocycles. The second kappa shape index (κ2) is 9.30. The van der Waals surface area contributed by atoms with Crippen molar-refractivity contribution < 1.29 is 18.7 Å². The Kier molecular flexibility index (Phi) is 6.51. The molecule has 0 radical (unpaired) electrons. The van der Waals surface area contributed by atoms with Gasteiger partial charge in [-0.2, -0.15) is 0 Å². The lowest BCUT2D eigenvalue weighted by molar-refractivity contribution is -0.134. The second-order valence-corrected chi connectivity index (χ2v) is 8.76. The third kappa shape index (κ3) is 4.28. The molecule has 1 fully saturated rings. The van der Waals surface area contributed by atoms with Crippen LogP contribution in [0.4, 0.5) is 0 Å². The molecule has 2 aromatic heterocycles. The average molecular weight is 428 g/mol. The fourth-order valence-electron chi connectivity index (χ4n) is 4.82. The number of carbonyl (C=O) groups is 2. The van der Waals surface area contributed by atoms with Gasteiger partial charge in [-0.25, -0.2) is 0 Å². The average Bonchev–Trinajstić information content (AvgIpc) is 3.43. The molecule has 1 aliphatic carbocycles. The summed E-state index contributed by atoms with van der Waals surface area (Å²) >= 11 is 0. The van der Waals surface area contributed by atoms with E-state index in [0.717, 1.165) is 31.4 Å². The van der Waals surface area contributed by atoms with Crippen molar-refractivity contribution in [1.82, 2.24) is 14.8 Å². The highest BCUT2D eigenvalue weighted by molar-refractivity contribution is 6.00. The summed E-state index contributed by atoms with van der Waals surface area (Å²) in [5.74, 6) is 0.495. The topological polar surface area (TPSA) is 76.7 Å². The maximum absolute atomic E-state index is 13.6. The predicted octanol–water partition coefficient (Wildman–Crippen LogP) is 3.84. The molecule has 1 N–H and O–H groups in total. The van der Waals surface area contributed by atoms with Gasteiger partial charge in [0.15, 0.2) is 0 Å². The van der Waals surface area contributed by atoms with Gasteiger partial charge in [0, 0.05) is 25.8 Å². The zero-order chi connectivity index (χ0) is 21.8. The summed E-state index contributed by atoms with van der Waals surface area (Å²) in [5, 5.41) is 3.26. The number of hydrogen-bond donors (Lipinski definition) is 1. The van der Waals surface area contributed by atoms with E-state index in [1.54, 1.807) is 11.2 Å². The van der Waals surface area contributed by atoms with Crippen LogP contribution in [-0.2, 0) is 16.1 Å². The van der Waals surface area contributed by atoms with Gasteiger partial charge in [0.25, 0.3) is 5.91 Å². The monoisotopic (exact) mass is 427 g/mol. The van der Waals surface area contributed by atoms with Gasteiger partial charge >= 0.3 is 0 Å². The number of carbonyl (C=O) groups excluding carboxylic acids is 2. The standard InChI is InChI=1S/C24H33N3O4/c1-3-30-15-8-14-27-22(28)20-13-12-19(21-11-7-16-31-21)26(20)17-24(27,2)23(29)25-18-9-5-4-6-10-18/h7,11-13,16,18H,3-6,8-10,14-15,17H2,1-2H3,(H,25,29)/t24-/m0/s1. The molecule has 168 valence electrons. The summed E-state index contributed by atoms with van der Waals surface area (Å²) in [7, 11) is 0. The van der Waals surface area contributed by atoms with Crippen molar-refractivity contribution in [2.75, 3.05) is 19.8 Å². The van der Waals surface area contributed by atoms with E-state index >= 15 is 0 Å². The van der Waals surface area contributed by atoms with Crippen molar-refractivity contribution in [3.05, 3.63) is 36.2 Å². The summed E-state index contributed by atoms with van der Waals surface area (Å²) in [6.07, 6.45) is 7.84. The molecule has 7 nitrogen and oxygen atoms in total. The Labute approximate surface area is 183 Å². The first-order chi connectivity index (χ1) is 15.0. The fraction of sp³-hybridized carbons (Fsp3) is 0.583. The van der Waals surface area contributed by atoms with Gasteiger partial charge in [-0.1, -0.05) is 19.3 Å². The highest BCUT2D eigenvalue weighted by Gasteiger charge is 2.48. The Morgan fingerprint density at radius 3 is 2.71 bits per heavy atom. The zero-order valence-electron chi connectivity index (χ0n) is 18.6. The minimum atomic E-state index is -0.978. The first kappa shape index (κ1) is 21.7. The number of hydrogen-bond acceptors (Lipinski definition) is 4. The van der Waals surface area contributed by atoms with E-state index in [4.69, 9.17) is 9.15 Å². The van der Waals surface area contributed by atoms with Gasteiger partial charge in [0.2, 0.25) is 5.91 Å². The number of aromatic nitrogens is 1. The molecular formula is C24H33N3O4. The summed E-state index contributed by atoms with van der Waals surface area (Å²) < 4.78 is 13.0. The van der Waals surface area contributed by atoms with Crippen molar-refractivity contribution in [2.45, 2.75) is 70.5 Å². The molecule has 3 heterocycles. The van der Waals surface area contributed by atoms with E-state index in [1.807, 2.05) is 42.7 Å². The van der Waals surface area contributed by atoms with Crippen LogP contribution in [0.25, 0.3) is 11.5 Å². The van der Waals surface area contributed by atoms with Crippen LogP contribution in [0.1, 0.15) is 62.9 Å². The van der Waals surface area contributed by atoms with E-state index in [-0.39, 0.29) is 17.9 Å². The molecule has 0 spiro atoms. The van der Waals surface area contributed by atoms with Crippen molar-refractivity contribution in [3.63, 3.8) is 0 Å². The number of rotatable bonds is 8. The quantitative estimate of drug-likeness (QED) is 0.650. The van der Waals surface area contributed by atoms with Gasteiger partial charge in [0.1, 0.15) is 17.0 Å². The van der Waals surface area contributed by atoms with Crippen LogP contribution in [0.3, 0.4) is 0 Å². The van der Waals surface area contributed by atoms with Crippen molar-refractivity contribution >= 4 is 11.8 Å². The molecule has 1 saturated carbocycles. The van der Waals surface area contributed by atoms with E-state index in [0.29, 0.717) is 44.2 Å². The highest BCUT2D eigenvalue weighted by atomic mass is 16.5. The van der Waals surface area contributed by atoms with E-state index in [2.05, 4.69) is 5.32 Å². The van der Waals surface area contributed by atoms with Gasteiger partial charge in [0.05, 0.1) is 18.5 Å². The molecule has 0 unspecified atom stereocenters. The van der Waals surface area contributed by atoms with Gasteiger partial charge in [-0.05, 0) is 57.4 Å². The number of amides is 2. The molecule has 2 amide bonds. The van der Waals surface area contributed by atoms with Crippen molar-refractivity contribution in [3.8, 4) is 11.5 Å². The fourth-order valence-corrected chi connectivity index (χ4v) is 4.82. The molecule has 2 aromatic rings. The van der Waals surface area contributed by atoms with Crippen LogP contribution < -0.4 is 5.32 Å². The molecule has 31 heavy (non-hydrogen) atoms. The van der Waals surface area contributed by atoms with Gasteiger partial charge in [-0.3, -0.25) is 9.59 Å². The molecular weight excluding hydrogens is 394 g/mol. The predicted molar refractivity (Wildman–Crippen MR) is 118 cm³/mol. The van der Waals surface area contributed by atoms with Crippen LogP contribution in [0.15, 0.2) is 34.9 Å². The number of fused-ring (bicyclic) bond motifs is 1. The molecule has 0 aromatic carbocycles. The summed E-state index contributed by atoms with van der Waals surface area (Å²) in [5.41, 5.74) is 0.429. The van der Waals surface area contributed by atoms with Crippen LogP contribution in [0, 0.1) is 0 Å². The minimum Gasteiger partial charge on any atom is -0.463 e. The summed E-state index contributed by atoms with van der Waals surface area (Å²) in [6, 6.07) is 7.62. The minimum absolute atomic E-state index is 0.0751. The SMILES string of the molecule is CCOCCCN1C(=O)c2ccc(-c3ccco3)n2C[C@@]1(C)C(=O)NC1CCCCC1. The molecule has 7 heteroatoms. The molecule has 2 aliphatic rings. The first-order valence-electron chi connectivity index (χ1n) is 11.5. The molecule has 1 atom stereocenters. The maximum atomic E-state index is 13.6. The lowest BCUT2D eigenvalue weighted by Crippen LogP contribution is -2.65. The van der Waals surface area contributed by atoms with E-state index in [1.165, 1.54) is 6.42 Å². The Bertz CT molecular complexity index is 898. The molecule has 1 aliphatic heterocycles. The second-order valence-electron chi connectivity index (χ2n) is 8.76. The van der Waals surface area contributed by atoms with Crippen LogP contribution in [0.5, 0.6) is 0 Å². The van der Waals surface area contributed by atoms with Crippen molar-refractivity contribution in [1.29, 1.82) is 0 Å². The number of furan rings is 1. The smallest absolute Gasteiger partial charge is 0.271 e. The summed E-state index contributed by atoms with van der Waals surface area (Å²) in [4.78, 5) is 28.9. The number of ether oxygens (including phenoxy) is 1. The summed E-state index contributed by atoms with van der Waals surface area (Å²) in [6.45, 7) is 5.93. The van der Waals surface area contributed by atoms with Gasteiger partial charge in [-0.15, -0.1) is 0 Å².